The number of nitriles is 1. The van der Waals surface area contributed by atoms with Gasteiger partial charge < -0.3 is 5.32 Å². The van der Waals surface area contributed by atoms with Crippen molar-refractivity contribution in [3.05, 3.63) is 41.6 Å². The summed E-state index contributed by atoms with van der Waals surface area (Å²) in [5.41, 5.74) is 2.05. The Morgan fingerprint density at radius 2 is 2.00 bits per heavy atom. The molecule has 0 bridgehead atoms. The predicted octanol–water partition coefficient (Wildman–Crippen LogP) is 2.92. The summed E-state index contributed by atoms with van der Waals surface area (Å²) < 4.78 is 0. The van der Waals surface area contributed by atoms with Crippen LogP contribution in [0.2, 0.25) is 0 Å². The number of benzene rings is 1. The van der Waals surface area contributed by atoms with E-state index < -0.39 is 17.6 Å². The molecule has 0 radical (unpaired) electrons. The van der Waals surface area contributed by atoms with Gasteiger partial charge in [0.1, 0.15) is 0 Å². The van der Waals surface area contributed by atoms with Gasteiger partial charge in [-0.2, -0.15) is 5.26 Å². The van der Waals surface area contributed by atoms with E-state index in [2.05, 4.69) is 10.3 Å². The van der Waals surface area contributed by atoms with E-state index in [1.54, 1.807) is 18.2 Å². The summed E-state index contributed by atoms with van der Waals surface area (Å²) in [6.07, 6.45) is 3.98. The van der Waals surface area contributed by atoms with E-state index in [-0.39, 0.29) is 6.04 Å². The molecule has 1 atom stereocenters. The lowest BCUT2D eigenvalue weighted by atomic mass is 9.96. The number of amides is 1. The summed E-state index contributed by atoms with van der Waals surface area (Å²) in [7, 11) is 0. The summed E-state index contributed by atoms with van der Waals surface area (Å²) in [5.74, 6) is -2.26. The maximum absolute atomic E-state index is 12.6. The molecule has 1 aliphatic carbocycles. The van der Waals surface area contributed by atoms with Crippen molar-refractivity contribution in [1.82, 2.24) is 10.3 Å². The molecular weight excluding hydrogens is 302 g/mol. The molecule has 1 fully saturated rings. The highest BCUT2D eigenvalue weighted by atomic mass is 16.2. The standard InChI is InChI=1S/C19H19N3O2/c1-12-6-7-13-10-14(8-9-17(13)21-12)18(23)16(11-20)19(24)22-15-4-2-3-5-15/h6-10,15-16H,2-5H2,1H3,(H,22,24)/t16-/m1/s1. The molecule has 0 aliphatic heterocycles. The maximum Gasteiger partial charge on any atom is 0.245 e. The molecule has 1 amide bonds. The molecule has 0 unspecified atom stereocenters. The molecule has 0 spiro atoms. The van der Waals surface area contributed by atoms with Crippen LogP contribution in [0.5, 0.6) is 0 Å². The Labute approximate surface area is 140 Å². The number of nitrogens with one attached hydrogen (secondary N) is 1. The Hall–Kier alpha value is -2.74. The molecule has 1 N–H and O–H groups in total. The number of aromatic nitrogens is 1. The van der Waals surface area contributed by atoms with Crippen LogP contribution in [0.1, 0.15) is 41.7 Å². The zero-order chi connectivity index (χ0) is 17.1. The number of Topliss-reactive ketones (excluding diaryl/α,β-unsaturated/α-hetero) is 1. The smallest absolute Gasteiger partial charge is 0.245 e. The van der Waals surface area contributed by atoms with Gasteiger partial charge in [0.2, 0.25) is 5.91 Å². The third kappa shape index (κ3) is 3.28. The van der Waals surface area contributed by atoms with E-state index in [1.807, 2.05) is 25.1 Å². The minimum absolute atomic E-state index is 0.0879. The van der Waals surface area contributed by atoms with E-state index >= 15 is 0 Å². The first-order valence-corrected chi connectivity index (χ1v) is 8.20. The van der Waals surface area contributed by atoms with Gasteiger partial charge in [0, 0.05) is 22.7 Å². The lowest BCUT2D eigenvalue weighted by Gasteiger charge is -2.14. The Bertz CT molecular complexity index is 832. The number of aryl methyl sites for hydroxylation is 1. The van der Waals surface area contributed by atoms with Crippen molar-refractivity contribution in [2.24, 2.45) is 5.92 Å². The molecule has 1 aromatic heterocycles. The van der Waals surface area contributed by atoms with E-state index in [0.29, 0.717) is 5.56 Å². The normalized spacial score (nSPS) is 15.8. The average molecular weight is 321 g/mol. The number of fused-ring (bicyclic) bond motifs is 1. The van der Waals surface area contributed by atoms with Crippen molar-refractivity contribution < 1.29 is 9.59 Å². The minimum Gasteiger partial charge on any atom is -0.352 e. The number of carbonyl (C=O) groups is 2. The zero-order valence-electron chi connectivity index (χ0n) is 13.6. The number of hydrogen-bond acceptors (Lipinski definition) is 4. The van der Waals surface area contributed by atoms with Crippen LogP contribution in [0.25, 0.3) is 10.9 Å². The zero-order valence-corrected chi connectivity index (χ0v) is 13.6. The van der Waals surface area contributed by atoms with Crippen molar-refractivity contribution in [1.29, 1.82) is 5.26 Å². The van der Waals surface area contributed by atoms with Crippen LogP contribution in [0, 0.1) is 24.2 Å². The second kappa shape index (κ2) is 6.79. The Morgan fingerprint density at radius 1 is 1.25 bits per heavy atom. The maximum atomic E-state index is 12.6. The average Bonchev–Trinajstić information content (AvgIpc) is 3.07. The summed E-state index contributed by atoms with van der Waals surface area (Å²) in [6.45, 7) is 1.90. The molecule has 1 aliphatic rings. The van der Waals surface area contributed by atoms with Gasteiger partial charge in [0.05, 0.1) is 11.6 Å². The van der Waals surface area contributed by atoms with Crippen molar-refractivity contribution in [3.63, 3.8) is 0 Å². The summed E-state index contributed by atoms with van der Waals surface area (Å²) >= 11 is 0. The quantitative estimate of drug-likeness (QED) is 0.693. The van der Waals surface area contributed by atoms with Crippen molar-refractivity contribution >= 4 is 22.6 Å². The molecule has 122 valence electrons. The highest BCUT2D eigenvalue weighted by molar-refractivity contribution is 6.13. The molecule has 3 rings (SSSR count). The Kier molecular flexibility index (Phi) is 4.57. The summed E-state index contributed by atoms with van der Waals surface area (Å²) in [5, 5.41) is 13.0. The number of ketones is 1. The number of rotatable bonds is 4. The fourth-order valence-electron chi connectivity index (χ4n) is 3.14. The summed E-state index contributed by atoms with van der Waals surface area (Å²) in [4.78, 5) is 29.3. The molecule has 1 aromatic carbocycles. The highest BCUT2D eigenvalue weighted by Crippen LogP contribution is 2.20. The molecule has 0 saturated heterocycles. The predicted molar refractivity (Wildman–Crippen MR) is 90.3 cm³/mol. The van der Waals surface area contributed by atoms with Crippen LogP contribution in [0.15, 0.2) is 30.3 Å². The third-order valence-corrected chi connectivity index (χ3v) is 4.47. The molecule has 1 heterocycles. The van der Waals surface area contributed by atoms with Crippen LogP contribution in [0.4, 0.5) is 0 Å². The van der Waals surface area contributed by atoms with Crippen LogP contribution in [-0.2, 0) is 4.79 Å². The van der Waals surface area contributed by atoms with Crippen molar-refractivity contribution in [3.8, 4) is 6.07 Å². The van der Waals surface area contributed by atoms with Gasteiger partial charge >= 0.3 is 0 Å². The summed E-state index contributed by atoms with van der Waals surface area (Å²) in [6, 6.07) is 10.8. The van der Waals surface area contributed by atoms with E-state index in [9.17, 15) is 14.9 Å². The molecule has 24 heavy (non-hydrogen) atoms. The van der Waals surface area contributed by atoms with Gasteiger partial charge in [-0.1, -0.05) is 18.9 Å². The van der Waals surface area contributed by atoms with E-state index in [0.717, 1.165) is 42.3 Å². The van der Waals surface area contributed by atoms with Crippen LogP contribution >= 0.6 is 0 Å². The number of hydrogen-bond donors (Lipinski definition) is 1. The first-order valence-electron chi connectivity index (χ1n) is 8.20. The largest absolute Gasteiger partial charge is 0.352 e. The topological polar surface area (TPSA) is 82.8 Å². The lowest BCUT2D eigenvalue weighted by Crippen LogP contribution is -2.39. The van der Waals surface area contributed by atoms with E-state index in [4.69, 9.17) is 0 Å². The van der Waals surface area contributed by atoms with Gasteiger partial charge in [-0.05, 0) is 44.0 Å². The Morgan fingerprint density at radius 3 is 2.71 bits per heavy atom. The molecular formula is C19H19N3O2. The molecule has 5 nitrogen and oxygen atoms in total. The SMILES string of the molecule is Cc1ccc2cc(C(=O)[C@@H](C#N)C(=O)NC3CCCC3)ccc2n1. The van der Waals surface area contributed by atoms with Gasteiger partial charge in [-0.15, -0.1) is 0 Å². The number of nitrogens with zero attached hydrogens (tertiary/aromatic N) is 2. The third-order valence-electron chi connectivity index (χ3n) is 4.47. The molecule has 5 heteroatoms. The van der Waals surface area contributed by atoms with Gasteiger partial charge in [0.15, 0.2) is 11.7 Å². The van der Waals surface area contributed by atoms with Crippen molar-refractivity contribution in [2.45, 2.75) is 38.6 Å². The monoisotopic (exact) mass is 321 g/mol. The second-order valence-electron chi connectivity index (χ2n) is 6.28. The van der Waals surface area contributed by atoms with Gasteiger partial charge in [-0.3, -0.25) is 14.6 Å². The van der Waals surface area contributed by atoms with Gasteiger partial charge in [0.25, 0.3) is 0 Å². The second-order valence-corrected chi connectivity index (χ2v) is 6.28. The first-order chi connectivity index (χ1) is 11.6. The fraction of sp³-hybridized carbons (Fsp3) is 0.368. The van der Waals surface area contributed by atoms with Crippen LogP contribution in [-0.4, -0.2) is 22.7 Å². The van der Waals surface area contributed by atoms with Gasteiger partial charge in [-0.25, -0.2) is 0 Å². The van der Waals surface area contributed by atoms with Crippen molar-refractivity contribution in [2.75, 3.05) is 0 Å². The fourth-order valence-corrected chi connectivity index (χ4v) is 3.14. The minimum atomic E-state index is -1.30. The molecule has 2 aromatic rings. The van der Waals surface area contributed by atoms with Crippen LogP contribution in [0.3, 0.4) is 0 Å². The van der Waals surface area contributed by atoms with Crippen LogP contribution < -0.4 is 5.32 Å². The molecule has 1 saturated carbocycles. The first kappa shape index (κ1) is 16.1. The highest BCUT2D eigenvalue weighted by Gasteiger charge is 2.30. The van der Waals surface area contributed by atoms with E-state index in [1.165, 1.54) is 0 Å². The number of carbonyl (C=O) groups excluding carboxylic acids is 2. The Balaban J connectivity index is 1.81. The lowest BCUT2D eigenvalue weighted by molar-refractivity contribution is -0.122. The number of pyridine rings is 1.